The molecule has 0 aromatic carbocycles. The SMILES string of the molecule is COc1cc(C)nc(NC(=O)CCCCCl)n1. The largest absolute Gasteiger partial charge is 0.481 e. The van der Waals surface area contributed by atoms with Gasteiger partial charge in [-0.15, -0.1) is 11.6 Å². The molecule has 1 aromatic heterocycles. The Morgan fingerprint density at radius 3 is 2.88 bits per heavy atom. The number of anilines is 1. The summed E-state index contributed by atoms with van der Waals surface area (Å²) < 4.78 is 5.00. The predicted molar refractivity (Wildman–Crippen MR) is 66.5 cm³/mol. The summed E-state index contributed by atoms with van der Waals surface area (Å²) >= 11 is 5.53. The van der Waals surface area contributed by atoms with Crippen molar-refractivity contribution in [3.05, 3.63) is 11.8 Å². The summed E-state index contributed by atoms with van der Waals surface area (Å²) in [7, 11) is 1.52. The van der Waals surface area contributed by atoms with Gasteiger partial charge in [0.25, 0.3) is 0 Å². The molecule has 6 heteroatoms. The van der Waals surface area contributed by atoms with Crippen LogP contribution in [0.2, 0.25) is 0 Å². The van der Waals surface area contributed by atoms with Crippen LogP contribution in [0, 0.1) is 6.92 Å². The number of nitrogens with zero attached hydrogens (tertiary/aromatic N) is 2. The summed E-state index contributed by atoms with van der Waals surface area (Å²) in [5, 5.41) is 2.63. The highest BCUT2D eigenvalue weighted by Gasteiger charge is 2.06. The molecule has 1 heterocycles. The maximum absolute atomic E-state index is 11.5. The van der Waals surface area contributed by atoms with E-state index >= 15 is 0 Å². The lowest BCUT2D eigenvalue weighted by Crippen LogP contribution is -2.14. The number of methoxy groups -OCH3 is 1. The van der Waals surface area contributed by atoms with Crippen molar-refractivity contribution >= 4 is 23.5 Å². The van der Waals surface area contributed by atoms with Gasteiger partial charge in [-0.2, -0.15) is 4.98 Å². The van der Waals surface area contributed by atoms with Crippen molar-refractivity contribution in [1.82, 2.24) is 9.97 Å². The molecule has 17 heavy (non-hydrogen) atoms. The quantitative estimate of drug-likeness (QED) is 0.626. The van der Waals surface area contributed by atoms with Gasteiger partial charge in [-0.25, -0.2) is 4.98 Å². The number of rotatable bonds is 6. The number of amides is 1. The van der Waals surface area contributed by atoms with Crippen molar-refractivity contribution in [3.8, 4) is 5.88 Å². The van der Waals surface area contributed by atoms with Gasteiger partial charge in [0.2, 0.25) is 17.7 Å². The van der Waals surface area contributed by atoms with E-state index in [-0.39, 0.29) is 11.9 Å². The van der Waals surface area contributed by atoms with Gasteiger partial charge in [-0.3, -0.25) is 10.1 Å². The fourth-order valence-corrected chi connectivity index (χ4v) is 1.46. The number of hydrogen-bond acceptors (Lipinski definition) is 4. The van der Waals surface area contributed by atoms with Gasteiger partial charge >= 0.3 is 0 Å². The molecule has 0 aliphatic heterocycles. The van der Waals surface area contributed by atoms with E-state index in [2.05, 4.69) is 15.3 Å². The molecular weight excluding hydrogens is 242 g/mol. The molecular formula is C11H16ClN3O2. The zero-order chi connectivity index (χ0) is 12.7. The van der Waals surface area contributed by atoms with Gasteiger partial charge in [0.1, 0.15) is 0 Å². The van der Waals surface area contributed by atoms with Gasteiger partial charge < -0.3 is 4.74 Å². The molecule has 1 rings (SSSR count). The number of hydrogen-bond donors (Lipinski definition) is 1. The molecule has 0 unspecified atom stereocenters. The smallest absolute Gasteiger partial charge is 0.232 e. The van der Waals surface area contributed by atoms with Crippen LogP contribution in [0.5, 0.6) is 5.88 Å². The van der Waals surface area contributed by atoms with Gasteiger partial charge in [-0.05, 0) is 19.8 Å². The first-order valence-corrected chi connectivity index (χ1v) is 5.94. The Bertz CT molecular complexity index is 385. The van der Waals surface area contributed by atoms with E-state index < -0.39 is 0 Å². The van der Waals surface area contributed by atoms with Crippen molar-refractivity contribution in [1.29, 1.82) is 0 Å². The molecule has 0 aliphatic carbocycles. The standard InChI is InChI=1S/C11H16ClN3O2/c1-8-7-10(17-2)15-11(13-8)14-9(16)5-3-4-6-12/h7H,3-6H2,1-2H3,(H,13,14,15,16). The Morgan fingerprint density at radius 1 is 1.47 bits per heavy atom. The number of aryl methyl sites for hydroxylation is 1. The van der Waals surface area contributed by atoms with E-state index in [0.717, 1.165) is 18.5 Å². The van der Waals surface area contributed by atoms with Crippen LogP contribution in [0.25, 0.3) is 0 Å². The first-order valence-electron chi connectivity index (χ1n) is 5.41. The van der Waals surface area contributed by atoms with Crippen molar-refractivity contribution in [2.75, 3.05) is 18.3 Å². The number of ether oxygens (including phenoxy) is 1. The average molecular weight is 258 g/mol. The summed E-state index contributed by atoms with van der Waals surface area (Å²) in [6.45, 7) is 1.81. The van der Waals surface area contributed by atoms with Gasteiger partial charge in [0.15, 0.2) is 0 Å². The average Bonchev–Trinajstić information content (AvgIpc) is 2.28. The predicted octanol–water partition coefficient (Wildman–Crippen LogP) is 2.14. The van der Waals surface area contributed by atoms with Crippen LogP contribution in [-0.2, 0) is 4.79 Å². The number of halogens is 1. The molecule has 0 spiro atoms. The van der Waals surface area contributed by atoms with Crippen LogP contribution in [-0.4, -0.2) is 28.9 Å². The molecule has 0 saturated heterocycles. The minimum Gasteiger partial charge on any atom is -0.481 e. The molecule has 0 atom stereocenters. The first-order chi connectivity index (χ1) is 8.15. The first kappa shape index (κ1) is 13.7. The Kier molecular flexibility index (Phi) is 5.69. The second kappa shape index (κ2) is 7.06. The summed E-state index contributed by atoms with van der Waals surface area (Å²) in [6.07, 6.45) is 2.01. The molecule has 1 aromatic rings. The third-order valence-corrected chi connectivity index (χ3v) is 2.35. The van der Waals surface area contributed by atoms with Crippen LogP contribution in [0.15, 0.2) is 6.07 Å². The Balaban J connectivity index is 2.55. The summed E-state index contributed by atoms with van der Waals surface area (Å²) in [4.78, 5) is 19.7. The van der Waals surface area contributed by atoms with E-state index in [1.54, 1.807) is 6.07 Å². The third-order valence-electron chi connectivity index (χ3n) is 2.08. The molecule has 0 radical (unpaired) electrons. The normalized spacial score (nSPS) is 10.1. The molecule has 5 nitrogen and oxygen atoms in total. The molecule has 0 fully saturated rings. The topological polar surface area (TPSA) is 64.1 Å². The number of alkyl halides is 1. The number of carbonyl (C=O) groups is 1. The zero-order valence-corrected chi connectivity index (χ0v) is 10.8. The van der Waals surface area contributed by atoms with Crippen molar-refractivity contribution in [2.45, 2.75) is 26.2 Å². The third kappa shape index (κ3) is 4.99. The molecule has 0 bridgehead atoms. The van der Waals surface area contributed by atoms with E-state index in [4.69, 9.17) is 16.3 Å². The fraction of sp³-hybridized carbons (Fsp3) is 0.545. The van der Waals surface area contributed by atoms with Crippen LogP contribution in [0.4, 0.5) is 5.95 Å². The van der Waals surface area contributed by atoms with Crippen molar-refractivity contribution in [2.24, 2.45) is 0 Å². The highest BCUT2D eigenvalue weighted by Crippen LogP contribution is 2.11. The van der Waals surface area contributed by atoms with Crippen molar-refractivity contribution < 1.29 is 9.53 Å². The summed E-state index contributed by atoms with van der Waals surface area (Å²) in [6, 6.07) is 1.70. The maximum atomic E-state index is 11.5. The number of aromatic nitrogens is 2. The highest BCUT2D eigenvalue weighted by molar-refractivity contribution is 6.17. The van der Waals surface area contributed by atoms with Gasteiger partial charge in [-0.1, -0.05) is 0 Å². The van der Waals surface area contributed by atoms with E-state index in [1.807, 2.05) is 6.92 Å². The Hall–Kier alpha value is -1.36. The van der Waals surface area contributed by atoms with Crippen molar-refractivity contribution in [3.63, 3.8) is 0 Å². The zero-order valence-electron chi connectivity index (χ0n) is 9.99. The van der Waals surface area contributed by atoms with Crippen LogP contribution in [0.3, 0.4) is 0 Å². The number of nitrogens with one attached hydrogen (secondary N) is 1. The van der Waals surface area contributed by atoms with Crippen LogP contribution < -0.4 is 10.1 Å². The Morgan fingerprint density at radius 2 is 2.24 bits per heavy atom. The maximum Gasteiger partial charge on any atom is 0.232 e. The van der Waals surface area contributed by atoms with Crippen LogP contribution in [0.1, 0.15) is 25.0 Å². The second-order valence-electron chi connectivity index (χ2n) is 3.57. The lowest BCUT2D eigenvalue weighted by molar-refractivity contribution is -0.116. The molecule has 1 N–H and O–H groups in total. The summed E-state index contributed by atoms with van der Waals surface area (Å²) in [5.74, 6) is 1.18. The molecule has 1 amide bonds. The minimum atomic E-state index is -0.109. The molecule has 94 valence electrons. The fourth-order valence-electron chi connectivity index (χ4n) is 1.27. The van der Waals surface area contributed by atoms with E-state index in [0.29, 0.717) is 18.2 Å². The molecule has 0 saturated carbocycles. The number of unbranched alkanes of at least 4 members (excludes halogenated alkanes) is 1. The van der Waals surface area contributed by atoms with Crippen LogP contribution >= 0.6 is 11.6 Å². The van der Waals surface area contributed by atoms with Gasteiger partial charge in [0, 0.05) is 24.1 Å². The second-order valence-corrected chi connectivity index (χ2v) is 3.95. The van der Waals surface area contributed by atoms with E-state index in [9.17, 15) is 4.79 Å². The monoisotopic (exact) mass is 257 g/mol. The lowest BCUT2D eigenvalue weighted by Gasteiger charge is -2.06. The van der Waals surface area contributed by atoms with E-state index in [1.165, 1.54) is 7.11 Å². The number of carbonyl (C=O) groups excluding carboxylic acids is 1. The lowest BCUT2D eigenvalue weighted by atomic mass is 10.2. The Labute approximate surface area is 106 Å². The molecule has 0 aliphatic rings. The summed E-state index contributed by atoms with van der Waals surface area (Å²) in [5.41, 5.74) is 0.743. The highest BCUT2D eigenvalue weighted by atomic mass is 35.5. The minimum absolute atomic E-state index is 0.109. The van der Waals surface area contributed by atoms with Gasteiger partial charge in [0.05, 0.1) is 7.11 Å².